The van der Waals surface area contributed by atoms with Crippen LogP contribution in [0.25, 0.3) is 0 Å². The van der Waals surface area contributed by atoms with Gasteiger partial charge in [-0.2, -0.15) is 0 Å². The minimum atomic E-state index is -0.204. The summed E-state index contributed by atoms with van der Waals surface area (Å²) >= 11 is 0. The van der Waals surface area contributed by atoms with Crippen LogP contribution in [0, 0.1) is 16.7 Å². The zero-order valence-corrected chi connectivity index (χ0v) is 11.4. The van der Waals surface area contributed by atoms with Crippen LogP contribution >= 0.6 is 0 Å². The van der Waals surface area contributed by atoms with Crippen LogP contribution in [0.4, 0.5) is 0 Å². The molecule has 2 saturated carbocycles. The predicted molar refractivity (Wildman–Crippen MR) is 68.2 cm³/mol. The third-order valence-electron chi connectivity index (χ3n) is 5.22. The predicted octanol–water partition coefficient (Wildman–Crippen LogP) is 2.84. The van der Waals surface area contributed by atoms with Gasteiger partial charge in [-0.1, -0.05) is 20.8 Å². The molecule has 2 unspecified atom stereocenters. The lowest BCUT2D eigenvalue weighted by Crippen LogP contribution is -2.33. The molecule has 0 aliphatic heterocycles. The molecule has 0 heterocycles. The zero-order valence-electron chi connectivity index (χ0n) is 11.4. The Balaban J connectivity index is 2.10. The van der Waals surface area contributed by atoms with Gasteiger partial charge in [-0.3, -0.25) is 9.79 Å². The van der Waals surface area contributed by atoms with Gasteiger partial charge in [0.15, 0.2) is 0 Å². The first-order valence-electron chi connectivity index (χ1n) is 6.61. The normalized spacial score (nSPS) is 36.5. The lowest BCUT2D eigenvalue weighted by molar-refractivity contribution is -0.141. The van der Waals surface area contributed by atoms with E-state index in [9.17, 15) is 4.79 Å². The van der Waals surface area contributed by atoms with Crippen molar-refractivity contribution in [3.63, 3.8) is 0 Å². The summed E-state index contributed by atoms with van der Waals surface area (Å²) in [5, 5.41) is 0. The Labute approximate surface area is 104 Å². The van der Waals surface area contributed by atoms with Gasteiger partial charge < -0.3 is 4.74 Å². The van der Waals surface area contributed by atoms with Gasteiger partial charge in [0.1, 0.15) is 6.54 Å². The summed E-state index contributed by atoms with van der Waals surface area (Å²) in [7, 11) is 0. The summed E-state index contributed by atoms with van der Waals surface area (Å²) in [6.45, 7) is 9.46. The van der Waals surface area contributed by atoms with Crippen molar-refractivity contribution in [2.45, 2.75) is 47.0 Å². The Hall–Kier alpha value is -0.860. The lowest BCUT2D eigenvalue weighted by Gasteiger charge is -2.34. The Bertz CT molecular complexity index is 359. The van der Waals surface area contributed by atoms with Gasteiger partial charge in [0.05, 0.1) is 6.61 Å². The molecule has 0 aromatic rings. The maximum atomic E-state index is 11.3. The highest BCUT2D eigenvalue weighted by atomic mass is 16.5. The van der Waals surface area contributed by atoms with Crippen molar-refractivity contribution in [3.05, 3.63) is 0 Å². The molecule has 2 atom stereocenters. The first-order chi connectivity index (χ1) is 7.91. The molecule has 0 aromatic heterocycles. The second-order valence-electron chi connectivity index (χ2n) is 6.06. The van der Waals surface area contributed by atoms with Crippen LogP contribution in [0.5, 0.6) is 0 Å². The second-order valence-corrected chi connectivity index (χ2v) is 6.06. The molecule has 0 amide bonds. The van der Waals surface area contributed by atoms with E-state index < -0.39 is 0 Å². The first kappa shape index (κ1) is 12.6. The van der Waals surface area contributed by atoms with Crippen LogP contribution in [0.3, 0.4) is 0 Å². The molecule has 2 bridgehead atoms. The SMILES string of the molecule is CCOC(=O)CN=C1CC2CCC1(C)C2(C)C. The van der Waals surface area contributed by atoms with Crippen LogP contribution in [0.2, 0.25) is 0 Å². The third-order valence-corrected chi connectivity index (χ3v) is 5.22. The van der Waals surface area contributed by atoms with Gasteiger partial charge in [-0.15, -0.1) is 0 Å². The van der Waals surface area contributed by atoms with Crippen molar-refractivity contribution in [1.82, 2.24) is 0 Å². The minimum Gasteiger partial charge on any atom is -0.465 e. The minimum absolute atomic E-state index is 0.196. The molecule has 0 saturated heterocycles. The lowest BCUT2D eigenvalue weighted by atomic mass is 9.70. The van der Waals surface area contributed by atoms with Crippen LogP contribution in [0.1, 0.15) is 47.0 Å². The van der Waals surface area contributed by atoms with E-state index in [4.69, 9.17) is 4.74 Å². The summed E-state index contributed by atoms with van der Waals surface area (Å²) in [5.74, 6) is 0.539. The smallest absolute Gasteiger partial charge is 0.327 e. The Morgan fingerprint density at radius 2 is 2.18 bits per heavy atom. The van der Waals surface area contributed by atoms with Crippen molar-refractivity contribution >= 4 is 11.7 Å². The number of carbonyl (C=O) groups is 1. The highest BCUT2D eigenvalue weighted by Crippen LogP contribution is 2.63. The maximum absolute atomic E-state index is 11.3. The fourth-order valence-corrected chi connectivity index (χ4v) is 3.53. The molecule has 2 rings (SSSR count). The van der Waals surface area contributed by atoms with E-state index >= 15 is 0 Å². The number of hydrogen-bond donors (Lipinski definition) is 0. The van der Waals surface area contributed by atoms with Crippen LogP contribution in [-0.2, 0) is 9.53 Å². The highest BCUT2D eigenvalue weighted by molar-refractivity contribution is 5.95. The fourth-order valence-electron chi connectivity index (χ4n) is 3.53. The van der Waals surface area contributed by atoms with Gasteiger partial charge in [0.25, 0.3) is 0 Å². The molecule has 17 heavy (non-hydrogen) atoms. The fraction of sp³-hybridized carbons (Fsp3) is 0.857. The molecule has 2 aliphatic carbocycles. The summed E-state index contributed by atoms with van der Waals surface area (Å²) < 4.78 is 4.92. The molecule has 0 aromatic carbocycles. The second kappa shape index (κ2) is 4.11. The third kappa shape index (κ3) is 1.80. The Kier molecular flexibility index (Phi) is 3.04. The topological polar surface area (TPSA) is 38.7 Å². The van der Waals surface area contributed by atoms with Crippen LogP contribution in [0.15, 0.2) is 4.99 Å². The zero-order chi connectivity index (χ0) is 12.7. The number of rotatable bonds is 3. The van der Waals surface area contributed by atoms with Gasteiger partial charge >= 0.3 is 5.97 Å². The Morgan fingerprint density at radius 3 is 2.65 bits per heavy atom. The number of fused-ring (bicyclic) bond motifs is 2. The van der Waals surface area contributed by atoms with Crippen molar-refractivity contribution in [2.24, 2.45) is 21.7 Å². The molecule has 2 fully saturated rings. The van der Waals surface area contributed by atoms with E-state index in [1.54, 1.807) is 0 Å². The van der Waals surface area contributed by atoms with E-state index in [1.807, 2.05) is 6.92 Å². The summed E-state index contributed by atoms with van der Waals surface area (Å²) in [4.78, 5) is 15.9. The number of hydrogen-bond acceptors (Lipinski definition) is 3. The van der Waals surface area contributed by atoms with E-state index in [0.29, 0.717) is 12.0 Å². The number of aliphatic imine (C=N–C) groups is 1. The van der Waals surface area contributed by atoms with Crippen molar-refractivity contribution in [2.75, 3.05) is 13.2 Å². The average molecular weight is 237 g/mol. The van der Waals surface area contributed by atoms with Gasteiger partial charge in [-0.05, 0) is 37.5 Å². The van der Waals surface area contributed by atoms with E-state index in [1.165, 1.54) is 18.6 Å². The maximum Gasteiger partial charge on any atom is 0.327 e. The molecular weight excluding hydrogens is 214 g/mol. The van der Waals surface area contributed by atoms with Gasteiger partial charge in [0, 0.05) is 11.1 Å². The van der Waals surface area contributed by atoms with Crippen molar-refractivity contribution in [1.29, 1.82) is 0 Å². The van der Waals surface area contributed by atoms with Gasteiger partial charge in [-0.25, -0.2) is 0 Å². The summed E-state index contributed by atoms with van der Waals surface area (Å²) in [5.41, 5.74) is 1.77. The summed E-state index contributed by atoms with van der Waals surface area (Å²) in [6, 6.07) is 0. The van der Waals surface area contributed by atoms with Gasteiger partial charge in [0.2, 0.25) is 0 Å². The standard InChI is InChI=1S/C14H23NO2/c1-5-17-12(16)9-15-11-8-10-6-7-14(11,4)13(10,2)3/h10H,5-9H2,1-4H3. The quantitative estimate of drug-likeness (QED) is 0.708. The number of ether oxygens (including phenoxy) is 1. The number of nitrogens with zero attached hydrogens (tertiary/aromatic N) is 1. The van der Waals surface area contributed by atoms with Crippen molar-refractivity contribution in [3.8, 4) is 0 Å². The molecule has 3 nitrogen and oxygen atoms in total. The molecular formula is C14H23NO2. The molecule has 0 radical (unpaired) electrons. The summed E-state index contributed by atoms with van der Waals surface area (Å²) in [6.07, 6.45) is 3.59. The van der Waals surface area contributed by atoms with E-state index in [0.717, 1.165) is 12.3 Å². The Morgan fingerprint density at radius 1 is 1.47 bits per heavy atom. The van der Waals surface area contributed by atoms with Crippen molar-refractivity contribution < 1.29 is 9.53 Å². The van der Waals surface area contributed by atoms with E-state index in [-0.39, 0.29) is 17.9 Å². The molecule has 0 spiro atoms. The van der Waals surface area contributed by atoms with Crippen LogP contribution in [-0.4, -0.2) is 24.8 Å². The van der Waals surface area contributed by atoms with E-state index in [2.05, 4.69) is 25.8 Å². The number of carbonyl (C=O) groups excluding carboxylic acids is 1. The molecule has 3 heteroatoms. The molecule has 96 valence electrons. The monoisotopic (exact) mass is 237 g/mol. The molecule has 2 aliphatic rings. The first-order valence-corrected chi connectivity index (χ1v) is 6.61. The largest absolute Gasteiger partial charge is 0.465 e. The highest BCUT2D eigenvalue weighted by Gasteiger charge is 2.59. The van der Waals surface area contributed by atoms with Crippen LogP contribution < -0.4 is 0 Å². The number of esters is 1. The molecule has 0 N–H and O–H groups in total. The average Bonchev–Trinajstić information content (AvgIpc) is 2.59.